The van der Waals surface area contributed by atoms with Crippen molar-refractivity contribution in [2.24, 2.45) is 0 Å². The fourth-order valence-electron chi connectivity index (χ4n) is 1.22. The molecule has 0 aromatic heterocycles. The van der Waals surface area contributed by atoms with Gasteiger partial charge in [-0.15, -0.1) is 0 Å². The van der Waals surface area contributed by atoms with E-state index in [1.807, 2.05) is 0 Å². The molecule has 0 aliphatic rings. The van der Waals surface area contributed by atoms with E-state index >= 15 is 0 Å². The van der Waals surface area contributed by atoms with Crippen LogP contribution in [0.5, 0.6) is 5.75 Å². The Hall–Kier alpha value is -1.80. The molecule has 4 nitrogen and oxygen atoms in total. The number of benzene rings is 1. The molecule has 0 bridgehead atoms. The van der Waals surface area contributed by atoms with Gasteiger partial charge in [0.05, 0.1) is 14.2 Å². The number of hydrogen-bond acceptors (Lipinski definition) is 4. The SMILES string of the molecule is COC(=O)C(C#N)=Cc1cc(Br)ccc1OC. The lowest BCUT2D eigenvalue weighted by atomic mass is 10.1. The number of halogens is 1. The molecular formula is C12H10BrNO3. The van der Waals surface area contributed by atoms with E-state index in [0.717, 1.165) is 4.47 Å². The predicted molar refractivity (Wildman–Crippen MR) is 66.3 cm³/mol. The van der Waals surface area contributed by atoms with Crippen molar-refractivity contribution >= 4 is 28.0 Å². The third-order valence-corrected chi connectivity index (χ3v) is 2.51. The van der Waals surface area contributed by atoms with E-state index in [1.165, 1.54) is 20.3 Å². The van der Waals surface area contributed by atoms with Crippen molar-refractivity contribution in [1.82, 2.24) is 0 Å². The number of nitrogens with zero attached hydrogens (tertiary/aromatic N) is 1. The first-order valence-corrected chi connectivity index (χ1v) is 5.45. The molecule has 0 heterocycles. The zero-order valence-corrected chi connectivity index (χ0v) is 10.9. The van der Waals surface area contributed by atoms with Gasteiger partial charge < -0.3 is 9.47 Å². The van der Waals surface area contributed by atoms with E-state index in [2.05, 4.69) is 20.7 Å². The highest BCUT2D eigenvalue weighted by Gasteiger charge is 2.10. The smallest absolute Gasteiger partial charge is 0.348 e. The molecule has 0 amide bonds. The van der Waals surface area contributed by atoms with Crippen LogP contribution in [0.2, 0.25) is 0 Å². The molecule has 1 rings (SSSR count). The molecule has 0 aliphatic carbocycles. The van der Waals surface area contributed by atoms with Crippen molar-refractivity contribution in [3.8, 4) is 11.8 Å². The highest BCUT2D eigenvalue weighted by atomic mass is 79.9. The Bertz CT molecular complexity index is 503. The van der Waals surface area contributed by atoms with Crippen LogP contribution in [-0.2, 0) is 9.53 Å². The highest BCUT2D eigenvalue weighted by molar-refractivity contribution is 9.10. The molecule has 0 atom stereocenters. The van der Waals surface area contributed by atoms with Gasteiger partial charge in [0, 0.05) is 10.0 Å². The monoisotopic (exact) mass is 295 g/mol. The van der Waals surface area contributed by atoms with Gasteiger partial charge in [-0.2, -0.15) is 5.26 Å². The minimum atomic E-state index is -0.672. The van der Waals surface area contributed by atoms with Crippen LogP contribution < -0.4 is 4.74 Å². The van der Waals surface area contributed by atoms with Crippen LogP contribution in [0, 0.1) is 11.3 Å². The minimum absolute atomic E-state index is 0.0797. The average molecular weight is 296 g/mol. The first-order chi connectivity index (χ1) is 8.12. The lowest BCUT2D eigenvalue weighted by Gasteiger charge is -2.05. The van der Waals surface area contributed by atoms with E-state index in [0.29, 0.717) is 11.3 Å². The molecule has 17 heavy (non-hydrogen) atoms. The van der Waals surface area contributed by atoms with Crippen molar-refractivity contribution in [1.29, 1.82) is 5.26 Å². The van der Waals surface area contributed by atoms with Crippen LogP contribution in [0.1, 0.15) is 5.56 Å². The Morgan fingerprint density at radius 2 is 2.18 bits per heavy atom. The van der Waals surface area contributed by atoms with E-state index in [4.69, 9.17) is 10.00 Å². The Labute approximate surface area is 108 Å². The lowest BCUT2D eigenvalue weighted by molar-refractivity contribution is -0.135. The standard InChI is InChI=1S/C12H10BrNO3/c1-16-11-4-3-10(13)6-8(11)5-9(7-14)12(15)17-2/h3-6H,1-2H3. The second-order valence-corrected chi connectivity index (χ2v) is 3.96. The Balaban J connectivity index is 3.24. The summed E-state index contributed by atoms with van der Waals surface area (Å²) in [6.45, 7) is 0. The molecule has 0 N–H and O–H groups in total. The van der Waals surface area contributed by atoms with Crippen molar-refractivity contribution in [2.75, 3.05) is 14.2 Å². The molecule has 0 saturated heterocycles. The van der Waals surface area contributed by atoms with E-state index in [-0.39, 0.29) is 5.57 Å². The van der Waals surface area contributed by atoms with Crippen LogP contribution >= 0.6 is 15.9 Å². The summed E-state index contributed by atoms with van der Waals surface area (Å²) in [5.74, 6) is -0.0978. The number of ether oxygens (including phenoxy) is 2. The molecule has 5 heteroatoms. The van der Waals surface area contributed by atoms with Gasteiger partial charge in [-0.3, -0.25) is 0 Å². The topological polar surface area (TPSA) is 59.3 Å². The van der Waals surface area contributed by atoms with Gasteiger partial charge in [-0.05, 0) is 24.3 Å². The predicted octanol–water partition coefficient (Wildman–Crippen LogP) is 2.54. The second-order valence-electron chi connectivity index (χ2n) is 3.05. The molecule has 0 spiro atoms. The van der Waals surface area contributed by atoms with E-state index in [9.17, 15) is 4.79 Å². The van der Waals surface area contributed by atoms with Gasteiger partial charge in [-0.1, -0.05) is 15.9 Å². The zero-order valence-electron chi connectivity index (χ0n) is 9.36. The summed E-state index contributed by atoms with van der Waals surface area (Å²) in [6, 6.07) is 7.08. The third kappa shape index (κ3) is 3.33. The van der Waals surface area contributed by atoms with Crippen LogP contribution in [-0.4, -0.2) is 20.2 Å². The Morgan fingerprint density at radius 3 is 2.71 bits per heavy atom. The molecule has 0 unspecified atom stereocenters. The van der Waals surface area contributed by atoms with E-state index < -0.39 is 5.97 Å². The summed E-state index contributed by atoms with van der Waals surface area (Å²) in [5.41, 5.74) is 0.549. The van der Waals surface area contributed by atoms with E-state index in [1.54, 1.807) is 24.3 Å². The van der Waals surface area contributed by atoms with Gasteiger partial charge in [0.1, 0.15) is 17.4 Å². The number of methoxy groups -OCH3 is 2. The molecule has 88 valence electrons. The fourth-order valence-corrected chi connectivity index (χ4v) is 1.60. The summed E-state index contributed by atoms with van der Waals surface area (Å²) in [7, 11) is 2.75. The second kappa shape index (κ2) is 6.06. The first kappa shape index (κ1) is 13.3. The summed E-state index contributed by atoms with van der Waals surface area (Å²) < 4.78 is 10.5. The molecule has 1 aromatic carbocycles. The maximum Gasteiger partial charge on any atom is 0.348 e. The number of carbonyl (C=O) groups is 1. The Morgan fingerprint density at radius 1 is 1.47 bits per heavy atom. The first-order valence-electron chi connectivity index (χ1n) is 4.66. The van der Waals surface area contributed by atoms with Crippen LogP contribution in [0.15, 0.2) is 28.2 Å². The quantitative estimate of drug-likeness (QED) is 0.488. The van der Waals surface area contributed by atoms with Crippen molar-refractivity contribution in [3.63, 3.8) is 0 Å². The van der Waals surface area contributed by atoms with Gasteiger partial charge in [0.15, 0.2) is 0 Å². The molecule has 0 radical (unpaired) electrons. The summed E-state index contributed by atoms with van der Waals surface area (Å²) in [4.78, 5) is 11.3. The summed E-state index contributed by atoms with van der Waals surface area (Å²) in [5, 5.41) is 8.85. The largest absolute Gasteiger partial charge is 0.496 e. The normalized spacial score (nSPS) is 10.6. The van der Waals surface area contributed by atoms with Crippen LogP contribution in [0.4, 0.5) is 0 Å². The van der Waals surface area contributed by atoms with Crippen molar-refractivity contribution in [3.05, 3.63) is 33.8 Å². The molecule has 1 aromatic rings. The lowest BCUT2D eigenvalue weighted by Crippen LogP contribution is -2.02. The highest BCUT2D eigenvalue weighted by Crippen LogP contribution is 2.25. The third-order valence-electron chi connectivity index (χ3n) is 2.02. The molecule has 0 aliphatic heterocycles. The van der Waals surface area contributed by atoms with Gasteiger partial charge in [0.25, 0.3) is 0 Å². The summed E-state index contributed by atoms with van der Waals surface area (Å²) >= 11 is 3.31. The summed E-state index contributed by atoms with van der Waals surface area (Å²) in [6.07, 6.45) is 1.43. The Kier molecular flexibility index (Phi) is 4.73. The number of carbonyl (C=O) groups excluding carboxylic acids is 1. The minimum Gasteiger partial charge on any atom is -0.496 e. The number of rotatable bonds is 3. The number of esters is 1. The maximum absolute atomic E-state index is 11.3. The average Bonchev–Trinajstić information content (AvgIpc) is 2.35. The van der Waals surface area contributed by atoms with Crippen LogP contribution in [0.25, 0.3) is 6.08 Å². The number of nitriles is 1. The molecule has 0 saturated carbocycles. The van der Waals surface area contributed by atoms with Crippen LogP contribution in [0.3, 0.4) is 0 Å². The van der Waals surface area contributed by atoms with Gasteiger partial charge in [0.2, 0.25) is 0 Å². The fraction of sp³-hybridized carbons (Fsp3) is 0.167. The maximum atomic E-state index is 11.3. The van der Waals surface area contributed by atoms with Gasteiger partial charge >= 0.3 is 5.97 Å². The molecular weight excluding hydrogens is 286 g/mol. The van der Waals surface area contributed by atoms with Gasteiger partial charge in [-0.25, -0.2) is 4.79 Å². The van der Waals surface area contributed by atoms with Crippen molar-refractivity contribution < 1.29 is 14.3 Å². The number of hydrogen-bond donors (Lipinski definition) is 0. The molecule has 0 fully saturated rings. The zero-order chi connectivity index (χ0) is 12.8. The van der Waals surface area contributed by atoms with Crippen molar-refractivity contribution in [2.45, 2.75) is 0 Å².